The van der Waals surface area contributed by atoms with Crippen molar-refractivity contribution in [1.82, 2.24) is 4.90 Å². The zero-order valence-electron chi connectivity index (χ0n) is 24.3. The summed E-state index contributed by atoms with van der Waals surface area (Å²) in [5.74, 6) is 0.514. The molecular formula is C34H42F3NO3. The zero-order chi connectivity index (χ0) is 29.1. The Bertz CT molecular complexity index is 1270. The van der Waals surface area contributed by atoms with Gasteiger partial charge in [-0.15, -0.1) is 0 Å². The van der Waals surface area contributed by atoms with E-state index in [1.165, 1.54) is 11.6 Å². The Labute approximate surface area is 241 Å². The highest BCUT2D eigenvalue weighted by molar-refractivity contribution is 5.71. The molecule has 222 valence electrons. The lowest BCUT2D eigenvalue weighted by Gasteiger charge is -2.53. The molecule has 0 spiro atoms. The molecule has 1 N–H and O–H groups in total. The number of rotatable bonds is 7. The van der Waals surface area contributed by atoms with Crippen molar-refractivity contribution >= 4 is 5.97 Å². The number of aryl methyl sites for hydroxylation is 2. The largest absolute Gasteiger partial charge is 0.490 e. The molecule has 4 nitrogen and oxygen atoms in total. The molecule has 6 rings (SSSR count). The Kier molecular flexibility index (Phi) is 7.63. The summed E-state index contributed by atoms with van der Waals surface area (Å²) in [6.07, 6.45) is 4.77. The molecule has 4 aliphatic rings. The molecule has 1 aliphatic carbocycles. The van der Waals surface area contributed by atoms with Crippen LogP contribution in [0.15, 0.2) is 36.4 Å². The minimum atomic E-state index is -4.37. The van der Waals surface area contributed by atoms with Crippen LogP contribution in [0.2, 0.25) is 0 Å². The standard InChI is InChI=1S/C34H42F3NO3/c1-19-7-13-29(34(35,36)37)28(15-19)21(3)38-26-5-4-6-27(38)17-25(16-26)30-14-12-22-8-11-24(18-31(22)41-30)32(23-9-10-23)20(2)33(39)40/h7-8,11,13,15,18,20-21,23,25-27,30,32H,4-6,9-10,12,14,16-17H2,1-3H3,(H,39,40)/t20-,21+,25?,26?,27?,30?,32-/m0/s1. The number of carboxylic acids is 1. The van der Waals surface area contributed by atoms with Crippen molar-refractivity contribution < 1.29 is 27.8 Å². The molecule has 0 aromatic heterocycles. The average Bonchev–Trinajstić information content (AvgIpc) is 3.76. The SMILES string of the molecule is Cc1ccc(C(F)(F)F)c([C@@H](C)N2C3CCCC2CC(C2CCc4ccc([C@H](C5CC5)[C@H](C)C(=O)O)cc4O2)C3)c1. The Morgan fingerprint density at radius 3 is 2.34 bits per heavy atom. The fraction of sp³-hybridized carbons (Fsp3) is 0.618. The third-order valence-corrected chi connectivity index (χ3v) is 10.5. The van der Waals surface area contributed by atoms with Gasteiger partial charge >= 0.3 is 12.1 Å². The number of halogens is 3. The molecule has 1 saturated carbocycles. The van der Waals surface area contributed by atoms with Gasteiger partial charge in [0.25, 0.3) is 0 Å². The van der Waals surface area contributed by atoms with Crippen molar-refractivity contribution in [3.05, 3.63) is 64.2 Å². The van der Waals surface area contributed by atoms with Crippen LogP contribution in [0.25, 0.3) is 0 Å². The molecule has 2 aromatic rings. The number of ether oxygens (including phenoxy) is 1. The van der Waals surface area contributed by atoms with Crippen molar-refractivity contribution in [3.63, 3.8) is 0 Å². The van der Waals surface area contributed by atoms with Gasteiger partial charge in [-0.2, -0.15) is 13.2 Å². The summed E-state index contributed by atoms with van der Waals surface area (Å²) < 4.78 is 48.6. The van der Waals surface area contributed by atoms with E-state index in [-0.39, 0.29) is 30.1 Å². The van der Waals surface area contributed by atoms with E-state index in [1.54, 1.807) is 12.1 Å². The van der Waals surface area contributed by atoms with Gasteiger partial charge in [-0.25, -0.2) is 0 Å². The maximum atomic E-state index is 14.0. The molecular weight excluding hydrogens is 527 g/mol. The minimum Gasteiger partial charge on any atom is -0.490 e. The van der Waals surface area contributed by atoms with Gasteiger partial charge in [0.1, 0.15) is 11.9 Å². The van der Waals surface area contributed by atoms with Gasteiger partial charge in [-0.1, -0.05) is 43.2 Å². The fourth-order valence-electron chi connectivity index (χ4n) is 8.37. The van der Waals surface area contributed by atoms with Gasteiger partial charge in [0, 0.05) is 18.1 Å². The minimum absolute atomic E-state index is 0.00840. The van der Waals surface area contributed by atoms with Gasteiger partial charge < -0.3 is 9.84 Å². The molecule has 0 radical (unpaired) electrons. The van der Waals surface area contributed by atoms with E-state index in [1.807, 2.05) is 20.8 Å². The normalized spacial score (nSPS) is 28.7. The number of carboxylic acid groups (broad SMARTS) is 1. The predicted octanol–water partition coefficient (Wildman–Crippen LogP) is 8.32. The van der Waals surface area contributed by atoms with E-state index in [0.717, 1.165) is 74.7 Å². The number of hydrogen-bond donors (Lipinski definition) is 1. The second-order valence-corrected chi connectivity index (χ2v) is 13.2. The Balaban J connectivity index is 1.20. The summed E-state index contributed by atoms with van der Waals surface area (Å²) in [5.41, 5.74) is 2.99. The first-order chi connectivity index (χ1) is 19.5. The van der Waals surface area contributed by atoms with Crippen LogP contribution < -0.4 is 4.74 Å². The molecule has 2 bridgehead atoms. The van der Waals surface area contributed by atoms with Crippen LogP contribution in [0, 0.1) is 24.7 Å². The third kappa shape index (κ3) is 5.63. The van der Waals surface area contributed by atoms with Crippen molar-refractivity contribution in [2.24, 2.45) is 17.8 Å². The first-order valence-electron chi connectivity index (χ1n) is 15.5. The van der Waals surface area contributed by atoms with Gasteiger partial charge in [0.2, 0.25) is 0 Å². The summed E-state index contributed by atoms with van der Waals surface area (Å²) in [5, 5.41) is 9.73. The number of carbonyl (C=O) groups is 1. The van der Waals surface area contributed by atoms with Crippen LogP contribution in [-0.4, -0.2) is 34.2 Å². The summed E-state index contributed by atoms with van der Waals surface area (Å²) >= 11 is 0. The second kappa shape index (κ2) is 10.9. The van der Waals surface area contributed by atoms with Gasteiger partial charge in [0.15, 0.2) is 0 Å². The molecule has 2 aromatic carbocycles. The van der Waals surface area contributed by atoms with Crippen molar-refractivity contribution in [1.29, 1.82) is 0 Å². The van der Waals surface area contributed by atoms with Crippen LogP contribution in [-0.2, 0) is 17.4 Å². The van der Waals surface area contributed by atoms with Gasteiger partial charge in [0.05, 0.1) is 11.5 Å². The fourth-order valence-corrected chi connectivity index (χ4v) is 8.37. The molecule has 3 aliphatic heterocycles. The number of benzene rings is 2. The predicted molar refractivity (Wildman–Crippen MR) is 152 cm³/mol. The summed E-state index contributed by atoms with van der Waals surface area (Å²) in [7, 11) is 0. The third-order valence-electron chi connectivity index (χ3n) is 10.5. The Morgan fingerprint density at radius 2 is 1.71 bits per heavy atom. The zero-order valence-corrected chi connectivity index (χ0v) is 24.3. The van der Waals surface area contributed by atoms with Gasteiger partial charge in [-0.3, -0.25) is 9.69 Å². The lowest BCUT2D eigenvalue weighted by molar-refractivity contribution is -0.142. The van der Waals surface area contributed by atoms with Crippen molar-refractivity contribution in [3.8, 4) is 5.75 Å². The first kappa shape index (κ1) is 28.6. The van der Waals surface area contributed by atoms with Crippen LogP contribution in [0.3, 0.4) is 0 Å². The molecule has 3 fully saturated rings. The second-order valence-electron chi connectivity index (χ2n) is 13.2. The van der Waals surface area contributed by atoms with E-state index in [9.17, 15) is 23.1 Å². The summed E-state index contributed by atoms with van der Waals surface area (Å²) in [6, 6.07) is 11.1. The van der Waals surface area contributed by atoms with Crippen LogP contribution in [0.4, 0.5) is 13.2 Å². The van der Waals surface area contributed by atoms with E-state index in [0.29, 0.717) is 17.4 Å². The summed E-state index contributed by atoms with van der Waals surface area (Å²) in [4.78, 5) is 14.2. The number of aliphatic carboxylic acids is 1. The van der Waals surface area contributed by atoms with Crippen LogP contribution in [0.1, 0.15) is 105 Å². The maximum Gasteiger partial charge on any atom is 0.416 e. The number of alkyl halides is 3. The van der Waals surface area contributed by atoms with Crippen molar-refractivity contribution in [2.75, 3.05) is 0 Å². The quantitative estimate of drug-likeness (QED) is 0.364. The van der Waals surface area contributed by atoms with Gasteiger partial charge in [-0.05, 0) is 112 Å². The number of piperidine rings is 2. The highest BCUT2D eigenvalue weighted by Crippen LogP contribution is 2.49. The molecule has 7 heteroatoms. The van der Waals surface area contributed by atoms with Crippen molar-refractivity contribution in [2.45, 2.75) is 115 Å². The van der Waals surface area contributed by atoms with E-state index in [2.05, 4.69) is 23.1 Å². The lowest BCUT2D eigenvalue weighted by atomic mass is 9.73. The smallest absolute Gasteiger partial charge is 0.416 e. The maximum absolute atomic E-state index is 14.0. The van der Waals surface area contributed by atoms with Crippen LogP contribution in [0.5, 0.6) is 5.75 Å². The molecule has 6 atom stereocenters. The monoisotopic (exact) mass is 569 g/mol. The number of nitrogens with zero attached hydrogens (tertiary/aromatic N) is 1. The first-order valence-corrected chi connectivity index (χ1v) is 15.5. The molecule has 2 saturated heterocycles. The number of hydrogen-bond acceptors (Lipinski definition) is 3. The summed E-state index contributed by atoms with van der Waals surface area (Å²) in [6.45, 7) is 5.64. The molecule has 0 amide bonds. The average molecular weight is 570 g/mol. The van der Waals surface area contributed by atoms with E-state index in [4.69, 9.17) is 4.74 Å². The Hall–Kier alpha value is -2.54. The highest BCUT2D eigenvalue weighted by Gasteiger charge is 2.46. The lowest BCUT2D eigenvalue weighted by Crippen LogP contribution is -2.55. The molecule has 41 heavy (non-hydrogen) atoms. The number of fused-ring (bicyclic) bond motifs is 3. The topological polar surface area (TPSA) is 49.8 Å². The van der Waals surface area contributed by atoms with E-state index >= 15 is 0 Å². The van der Waals surface area contributed by atoms with Crippen LogP contribution >= 0.6 is 0 Å². The molecule has 3 unspecified atom stereocenters. The molecule has 3 heterocycles. The Morgan fingerprint density at radius 1 is 1.00 bits per heavy atom. The highest BCUT2D eigenvalue weighted by atomic mass is 19.4. The van der Waals surface area contributed by atoms with E-state index < -0.39 is 23.6 Å².